The second-order valence-corrected chi connectivity index (χ2v) is 4.82. The van der Waals surface area contributed by atoms with E-state index in [1.165, 1.54) is 18.2 Å². The molecule has 0 spiro atoms. The molecule has 110 valence electrons. The third kappa shape index (κ3) is 2.83. The number of nitrogen functional groups attached to an aromatic ring is 1. The van der Waals surface area contributed by atoms with Gasteiger partial charge < -0.3 is 15.6 Å². The van der Waals surface area contributed by atoms with Gasteiger partial charge in [-0.3, -0.25) is 4.79 Å². The smallest absolute Gasteiger partial charge is 0.255 e. The van der Waals surface area contributed by atoms with E-state index in [0.717, 1.165) is 5.69 Å². The largest absolute Gasteiger partial charge is 0.397 e. The number of hydrogen-bond donors (Lipinski definition) is 2. The maximum absolute atomic E-state index is 13.0. The van der Waals surface area contributed by atoms with Crippen LogP contribution >= 0.6 is 0 Å². The van der Waals surface area contributed by atoms with Crippen LogP contribution in [0.2, 0.25) is 0 Å². The highest BCUT2D eigenvalue weighted by Crippen LogP contribution is 2.20. The third-order valence-electron chi connectivity index (χ3n) is 3.29. The van der Waals surface area contributed by atoms with Crippen molar-refractivity contribution in [2.75, 3.05) is 11.1 Å². The molecule has 0 radical (unpaired) electrons. The van der Waals surface area contributed by atoms with Gasteiger partial charge in [-0.1, -0.05) is 0 Å². The van der Waals surface area contributed by atoms with Gasteiger partial charge in [-0.15, -0.1) is 0 Å². The minimum Gasteiger partial charge on any atom is -0.397 e. The maximum Gasteiger partial charge on any atom is 0.255 e. The van der Waals surface area contributed by atoms with Gasteiger partial charge in [0.15, 0.2) is 0 Å². The number of nitrogens with zero attached hydrogens (tertiary/aromatic N) is 1. The lowest BCUT2D eigenvalue weighted by Gasteiger charge is -2.09. The first-order valence-corrected chi connectivity index (χ1v) is 6.73. The molecule has 0 aliphatic carbocycles. The number of carbonyl (C=O) groups is 1. The fraction of sp³-hybridized carbons (Fsp3) is 0. The van der Waals surface area contributed by atoms with Gasteiger partial charge in [0.25, 0.3) is 5.91 Å². The van der Waals surface area contributed by atoms with Crippen LogP contribution in [0.5, 0.6) is 0 Å². The van der Waals surface area contributed by atoms with Crippen molar-refractivity contribution in [1.82, 2.24) is 4.57 Å². The summed E-state index contributed by atoms with van der Waals surface area (Å²) in [7, 11) is 0. The molecule has 5 heteroatoms. The fourth-order valence-electron chi connectivity index (χ4n) is 2.13. The second-order valence-electron chi connectivity index (χ2n) is 4.82. The van der Waals surface area contributed by atoms with Gasteiger partial charge in [-0.2, -0.15) is 0 Å². The molecule has 3 N–H and O–H groups in total. The zero-order valence-electron chi connectivity index (χ0n) is 11.7. The number of halogens is 1. The van der Waals surface area contributed by atoms with Crippen LogP contribution in [-0.2, 0) is 0 Å². The SMILES string of the molecule is Nc1cc(F)ccc1NC(=O)c1ccc(-n2cccc2)cc1. The Morgan fingerprint density at radius 2 is 1.73 bits per heavy atom. The Balaban J connectivity index is 1.77. The van der Waals surface area contributed by atoms with Crippen LogP contribution in [0.3, 0.4) is 0 Å². The van der Waals surface area contributed by atoms with Crippen LogP contribution in [0.4, 0.5) is 15.8 Å². The Hall–Kier alpha value is -3.08. The number of benzene rings is 2. The predicted octanol–water partition coefficient (Wildman–Crippen LogP) is 3.45. The summed E-state index contributed by atoms with van der Waals surface area (Å²) in [6.45, 7) is 0. The van der Waals surface area contributed by atoms with Crippen molar-refractivity contribution in [3.63, 3.8) is 0 Å². The number of carbonyl (C=O) groups excluding carboxylic acids is 1. The molecule has 22 heavy (non-hydrogen) atoms. The van der Waals surface area contributed by atoms with Crippen molar-refractivity contribution in [2.24, 2.45) is 0 Å². The molecule has 0 atom stereocenters. The van der Waals surface area contributed by atoms with Crippen LogP contribution in [-0.4, -0.2) is 10.5 Å². The Labute approximate surface area is 127 Å². The van der Waals surface area contributed by atoms with Crippen LogP contribution in [0, 0.1) is 5.82 Å². The van der Waals surface area contributed by atoms with E-state index in [2.05, 4.69) is 5.32 Å². The van der Waals surface area contributed by atoms with E-state index in [9.17, 15) is 9.18 Å². The molecule has 1 heterocycles. The second kappa shape index (κ2) is 5.73. The summed E-state index contributed by atoms with van der Waals surface area (Å²) >= 11 is 0. The normalized spacial score (nSPS) is 10.4. The minimum atomic E-state index is -0.438. The van der Waals surface area contributed by atoms with Crippen molar-refractivity contribution in [3.8, 4) is 5.69 Å². The highest BCUT2D eigenvalue weighted by Gasteiger charge is 2.09. The topological polar surface area (TPSA) is 60.0 Å². The summed E-state index contributed by atoms with van der Waals surface area (Å²) in [6.07, 6.45) is 3.85. The number of rotatable bonds is 3. The maximum atomic E-state index is 13.0. The molecule has 1 aromatic heterocycles. The molecule has 0 bridgehead atoms. The molecule has 0 saturated heterocycles. The van der Waals surface area contributed by atoms with E-state index in [4.69, 9.17) is 5.73 Å². The van der Waals surface area contributed by atoms with Gasteiger partial charge in [0, 0.05) is 23.6 Å². The third-order valence-corrected chi connectivity index (χ3v) is 3.29. The molecule has 0 unspecified atom stereocenters. The van der Waals surface area contributed by atoms with Crippen molar-refractivity contribution in [1.29, 1.82) is 0 Å². The summed E-state index contributed by atoms with van der Waals surface area (Å²) < 4.78 is 14.9. The number of anilines is 2. The minimum absolute atomic E-state index is 0.192. The molecular weight excluding hydrogens is 281 g/mol. The molecule has 3 aromatic rings. The quantitative estimate of drug-likeness (QED) is 0.727. The molecule has 0 aliphatic heterocycles. The molecule has 4 nitrogen and oxygen atoms in total. The van der Waals surface area contributed by atoms with Crippen molar-refractivity contribution >= 4 is 17.3 Å². The summed E-state index contributed by atoms with van der Waals surface area (Å²) in [6, 6.07) is 14.9. The van der Waals surface area contributed by atoms with Gasteiger partial charge in [0.1, 0.15) is 5.82 Å². The lowest BCUT2D eigenvalue weighted by atomic mass is 10.2. The highest BCUT2D eigenvalue weighted by atomic mass is 19.1. The zero-order chi connectivity index (χ0) is 15.5. The first-order chi connectivity index (χ1) is 10.6. The number of nitrogens with one attached hydrogen (secondary N) is 1. The lowest BCUT2D eigenvalue weighted by Crippen LogP contribution is -2.13. The van der Waals surface area contributed by atoms with E-state index < -0.39 is 5.82 Å². The Bertz CT molecular complexity index is 795. The average molecular weight is 295 g/mol. The van der Waals surface area contributed by atoms with Crippen molar-refractivity contribution in [2.45, 2.75) is 0 Å². The van der Waals surface area contributed by atoms with Crippen molar-refractivity contribution < 1.29 is 9.18 Å². The summed E-state index contributed by atoms with van der Waals surface area (Å²) in [5, 5.41) is 2.67. The van der Waals surface area contributed by atoms with Crippen LogP contribution in [0.15, 0.2) is 67.0 Å². The summed E-state index contributed by atoms with van der Waals surface area (Å²) in [5.74, 6) is -0.732. The van der Waals surface area contributed by atoms with Crippen LogP contribution < -0.4 is 11.1 Å². The standard InChI is InChI=1S/C17H14FN3O/c18-13-5-8-16(15(19)11-13)20-17(22)12-3-6-14(7-4-12)21-9-1-2-10-21/h1-11H,19H2,(H,20,22). The van der Waals surface area contributed by atoms with Crippen LogP contribution in [0.1, 0.15) is 10.4 Å². The number of amides is 1. The van der Waals surface area contributed by atoms with E-state index in [1.54, 1.807) is 12.1 Å². The van der Waals surface area contributed by atoms with Crippen LogP contribution in [0.25, 0.3) is 5.69 Å². The molecule has 2 aromatic carbocycles. The molecule has 0 fully saturated rings. The van der Waals surface area contributed by atoms with E-state index in [1.807, 2.05) is 41.2 Å². The monoisotopic (exact) mass is 295 g/mol. The molecule has 0 saturated carbocycles. The van der Waals surface area contributed by atoms with E-state index in [0.29, 0.717) is 11.3 Å². The molecule has 3 rings (SSSR count). The first kappa shape index (κ1) is 13.9. The van der Waals surface area contributed by atoms with Gasteiger partial charge >= 0.3 is 0 Å². The van der Waals surface area contributed by atoms with Gasteiger partial charge in [0.2, 0.25) is 0 Å². The van der Waals surface area contributed by atoms with Gasteiger partial charge in [-0.05, 0) is 54.6 Å². The number of nitrogens with two attached hydrogens (primary N) is 1. The summed E-state index contributed by atoms with van der Waals surface area (Å²) in [4.78, 5) is 12.2. The fourth-order valence-corrected chi connectivity index (χ4v) is 2.13. The molecule has 1 amide bonds. The number of hydrogen-bond acceptors (Lipinski definition) is 2. The predicted molar refractivity (Wildman–Crippen MR) is 84.5 cm³/mol. The summed E-state index contributed by atoms with van der Waals surface area (Å²) in [5.41, 5.74) is 7.72. The van der Waals surface area contributed by atoms with Gasteiger partial charge in [-0.25, -0.2) is 4.39 Å². The van der Waals surface area contributed by atoms with Gasteiger partial charge in [0.05, 0.1) is 11.4 Å². The average Bonchev–Trinajstić information content (AvgIpc) is 3.04. The van der Waals surface area contributed by atoms with Crippen molar-refractivity contribution in [3.05, 3.63) is 78.4 Å². The molecular formula is C17H14FN3O. The Morgan fingerprint density at radius 3 is 2.36 bits per heavy atom. The highest BCUT2D eigenvalue weighted by molar-refractivity contribution is 6.05. The van der Waals surface area contributed by atoms with E-state index >= 15 is 0 Å². The lowest BCUT2D eigenvalue weighted by molar-refractivity contribution is 0.102. The molecule has 0 aliphatic rings. The van der Waals surface area contributed by atoms with E-state index in [-0.39, 0.29) is 11.6 Å². The Morgan fingerprint density at radius 1 is 1.05 bits per heavy atom. The first-order valence-electron chi connectivity index (χ1n) is 6.73. The Kier molecular flexibility index (Phi) is 3.62. The number of aromatic nitrogens is 1. The zero-order valence-corrected chi connectivity index (χ0v) is 11.7.